The van der Waals surface area contributed by atoms with Gasteiger partial charge in [0, 0.05) is 18.7 Å². The maximum absolute atomic E-state index is 9.03. The number of likely N-dealkylation sites (tertiary alicyclic amines) is 1. The van der Waals surface area contributed by atoms with E-state index in [1.807, 2.05) is 0 Å². The zero-order valence-electron chi connectivity index (χ0n) is 9.65. The summed E-state index contributed by atoms with van der Waals surface area (Å²) in [6, 6.07) is 3.17. The van der Waals surface area contributed by atoms with Gasteiger partial charge < -0.3 is 5.11 Å². The number of nitriles is 1. The zero-order chi connectivity index (χ0) is 11.1. The third-order valence-electron chi connectivity index (χ3n) is 3.40. The Balaban J connectivity index is 2.56. The fraction of sp³-hybridized carbons (Fsp3) is 0.917. The lowest BCUT2D eigenvalue weighted by Crippen LogP contribution is -2.46. The van der Waals surface area contributed by atoms with Crippen LogP contribution in [0.3, 0.4) is 0 Å². The molecule has 0 spiro atoms. The number of piperidine rings is 1. The fourth-order valence-corrected chi connectivity index (χ4v) is 2.56. The van der Waals surface area contributed by atoms with Crippen LogP contribution in [0.5, 0.6) is 0 Å². The van der Waals surface area contributed by atoms with E-state index in [0.29, 0.717) is 18.5 Å². The first-order chi connectivity index (χ1) is 7.33. The largest absolute Gasteiger partial charge is 0.396 e. The molecule has 1 rings (SSSR count). The molecule has 1 aliphatic rings. The molecule has 2 atom stereocenters. The molecule has 1 N–H and O–H groups in total. The van der Waals surface area contributed by atoms with Gasteiger partial charge in [-0.1, -0.05) is 13.3 Å². The summed E-state index contributed by atoms with van der Waals surface area (Å²) in [5, 5.41) is 17.8. The number of hydrogen-bond donors (Lipinski definition) is 1. The van der Waals surface area contributed by atoms with E-state index in [0.717, 1.165) is 19.4 Å². The highest BCUT2D eigenvalue weighted by atomic mass is 16.3. The number of hydrogen-bond acceptors (Lipinski definition) is 3. The van der Waals surface area contributed by atoms with Gasteiger partial charge in [0.2, 0.25) is 0 Å². The van der Waals surface area contributed by atoms with Crippen LogP contribution in [0.15, 0.2) is 0 Å². The van der Waals surface area contributed by atoms with Crippen LogP contribution in [0.1, 0.15) is 45.4 Å². The third kappa shape index (κ3) is 3.48. The van der Waals surface area contributed by atoms with E-state index in [4.69, 9.17) is 10.4 Å². The minimum absolute atomic E-state index is 0.268. The van der Waals surface area contributed by atoms with Crippen LogP contribution in [-0.4, -0.2) is 35.2 Å². The lowest BCUT2D eigenvalue weighted by Gasteiger charge is -2.40. The first kappa shape index (κ1) is 12.5. The van der Waals surface area contributed by atoms with Crippen molar-refractivity contribution in [2.45, 2.75) is 57.5 Å². The molecule has 2 unspecified atom stereocenters. The molecule has 0 aromatic heterocycles. The lowest BCUT2D eigenvalue weighted by molar-refractivity contribution is 0.0751. The Morgan fingerprint density at radius 2 is 2.33 bits per heavy atom. The minimum atomic E-state index is 0.268. The fourth-order valence-electron chi connectivity index (χ4n) is 2.56. The van der Waals surface area contributed by atoms with E-state index in [1.165, 1.54) is 19.3 Å². The van der Waals surface area contributed by atoms with Crippen molar-refractivity contribution in [1.29, 1.82) is 5.26 Å². The molecule has 0 bridgehead atoms. The van der Waals surface area contributed by atoms with Crippen molar-refractivity contribution in [2.75, 3.05) is 13.2 Å². The normalized spacial score (nSPS) is 24.7. The van der Waals surface area contributed by atoms with E-state index in [2.05, 4.69) is 17.9 Å². The Hall–Kier alpha value is -0.590. The summed E-state index contributed by atoms with van der Waals surface area (Å²) in [5.74, 6) is 0. The molecule has 3 heteroatoms. The molecule has 1 saturated heterocycles. The highest BCUT2D eigenvalue weighted by Gasteiger charge is 2.27. The number of aliphatic hydroxyl groups is 1. The van der Waals surface area contributed by atoms with E-state index >= 15 is 0 Å². The van der Waals surface area contributed by atoms with Gasteiger partial charge in [-0.15, -0.1) is 0 Å². The molecule has 3 nitrogen and oxygen atoms in total. The van der Waals surface area contributed by atoms with Gasteiger partial charge in [0.25, 0.3) is 0 Å². The van der Waals surface area contributed by atoms with Gasteiger partial charge >= 0.3 is 0 Å². The summed E-state index contributed by atoms with van der Waals surface area (Å²) in [7, 11) is 0. The molecule has 0 aliphatic carbocycles. The average molecular weight is 210 g/mol. The Kier molecular flexibility index (Phi) is 5.67. The highest BCUT2D eigenvalue weighted by Crippen LogP contribution is 2.24. The Morgan fingerprint density at radius 1 is 1.53 bits per heavy atom. The van der Waals surface area contributed by atoms with Crippen LogP contribution >= 0.6 is 0 Å². The van der Waals surface area contributed by atoms with Crippen molar-refractivity contribution in [3.8, 4) is 6.07 Å². The summed E-state index contributed by atoms with van der Waals surface area (Å²) >= 11 is 0. The highest BCUT2D eigenvalue weighted by molar-refractivity contribution is 4.87. The Morgan fingerprint density at radius 3 is 2.93 bits per heavy atom. The average Bonchev–Trinajstić information content (AvgIpc) is 2.27. The van der Waals surface area contributed by atoms with Crippen LogP contribution in [0.2, 0.25) is 0 Å². The van der Waals surface area contributed by atoms with Crippen molar-refractivity contribution >= 4 is 0 Å². The Bertz CT molecular complexity index is 210. The first-order valence-corrected chi connectivity index (χ1v) is 6.07. The standard InChI is InChI=1S/C12H22N2O/c1-2-11(6-8-13)14-9-4-3-5-12(14)7-10-15/h11-12,15H,2-7,9-10H2,1H3. The van der Waals surface area contributed by atoms with Crippen molar-refractivity contribution in [2.24, 2.45) is 0 Å². The van der Waals surface area contributed by atoms with Crippen LogP contribution in [0.4, 0.5) is 0 Å². The number of aliphatic hydroxyl groups excluding tert-OH is 1. The monoisotopic (exact) mass is 210 g/mol. The van der Waals surface area contributed by atoms with E-state index in [9.17, 15) is 0 Å². The summed E-state index contributed by atoms with van der Waals surface area (Å²) in [6.45, 7) is 3.52. The molecule has 86 valence electrons. The van der Waals surface area contributed by atoms with Crippen molar-refractivity contribution in [3.05, 3.63) is 0 Å². The van der Waals surface area contributed by atoms with Crippen LogP contribution in [0.25, 0.3) is 0 Å². The quantitative estimate of drug-likeness (QED) is 0.754. The minimum Gasteiger partial charge on any atom is -0.396 e. The van der Waals surface area contributed by atoms with Gasteiger partial charge in [0.05, 0.1) is 12.5 Å². The van der Waals surface area contributed by atoms with E-state index in [1.54, 1.807) is 0 Å². The SMILES string of the molecule is CCC(CC#N)N1CCCCC1CCO. The van der Waals surface area contributed by atoms with Gasteiger partial charge in [0.15, 0.2) is 0 Å². The van der Waals surface area contributed by atoms with Crippen molar-refractivity contribution in [3.63, 3.8) is 0 Å². The molecule has 0 amide bonds. The summed E-state index contributed by atoms with van der Waals surface area (Å²) < 4.78 is 0. The van der Waals surface area contributed by atoms with Gasteiger partial charge in [-0.2, -0.15) is 5.26 Å². The molecular weight excluding hydrogens is 188 g/mol. The maximum Gasteiger partial charge on any atom is 0.0638 e. The molecule has 0 aromatic carbocycles. The van der Waals surface area contributed by atoms with Gasteiger partial charge in [-0.05, 0) is 32.2 Å². The third-order valence-corrected chi connectivity index (χ3v) is 3.40. The summed E-state index contributed by atoms with van der Waals surface area (Å²) in [5.41, 5.74) is 0. The summed E-state index contributed by atoms with van der Waals surface area (Å²) in [4.78, 5) is 2.45. The lowest BCUT2D eigenvalue weighted by atomic mass is 9.95. The number of rotatable bonds is 5. The molecule has 0 aromatic rings. The second kappa shape index (κ2) is 6.81. The second-order valence-electron chi connectivity index (χ2n) is 4.32. The molecular formula is C12H22N2O. The predicted octanol–water partition coefficient (Wildman–Crippen LogP) is 1.92. The van der Waals surface area contributed by atoms with Crippen LogP contribution < -0.4 is 0 Å². The maximum atomic E-state index is 9.03. The predicted molar refractivity (Wildman–Crippen MR) is 60.4 cm³/mol. The zero-order valence-corrected chi connectivity index (χ0v) is 9.65. The molecule has 0 radical (unpaired) electrons. The molecule has 0 saturated carbocycles. The number of nitrogens with zero attached hydrogens (tertiary/aromatic N) is 2. The molecule has 1 fully saturated rings. The van der Waals surface area contributed by atoms with Crippen molar-refractivity contribution in [1.82, 2.24) is 4.90 Å². The van der Waals surface area contributed by atoms with Crippen LogP contribution in [-0.2, 0) is 0 Å². The van der Waals surface area contributed by atoms with Crippen LogP contribution in [0, 0.1) is 11.3 Å². The van der Waals surface area contributed by atoms with Gasteiger partial charge in [0.1, 0.15) is 0 Å². The molecule has 1 heterocycles. The van der Waals surface area contributed by atoms with Crippen molar-refractivity contribution < 1.29 is 5.11 Å². The molecule has 1 aliphatic heterocycles. The van der Waals surface area contributed by atoms with E-state index in [-0.39, 0.29) is 6.61 Å². The Labute approximate surface area is 92.7 Å². The first-order valence-electron chi connectivity index (χ1n) is 6.07. The van der Waals surface area contributed by atoms with E-state index < -0.39 is 0 Å². The topological polar surface area (TPSA) is 47.3 Å². The van der Waals surface area contributed by atoms with Gasteiger partial charge in [-0.25, -0.2) is 0 Å². The smallest absolute Gasteiger partial charge is 0.0638 e. The summed E-state index contributed by atoms with van der Waals surface area (Å²) in [6.07, 6.45) is 6.21. The molecule has 15 heavy (non-hydrogen) atoms. The second-order valence-corrected chi connectivity index (χ2v) is 4.32. The van der Waals surface area contributed by atoms with Gasteiger partial charge in [-0.3, -0.25) is 4.90 Å².